The lowest BCUT2D eigenvalue weighted by Gasteiger charge is -2.23. The van der Waals surface area contributed by atoms with Crippen molar-refractivity contribution in [1.29, 1.82) is 0 Å². The first-order valence-corrected chi connectivity index (χ1v) is 6.31. The molecule has 0 saturated carbocycles. The van der Waals surface area contributed by atoms with Crippen molar-refractivity contribution in [2.24, 2.45) is 5.92 Å². The van der Waals surface area contributed by atoms with Gasteiger partial charge in [0, 0.05) is 17.8 Å². The predicted molar refractivity (Wildman–Crippen MR) is 70.5 cm³/mol. The van der Waals surface area contributed by atoms with Gasteiger partial charge in [-0.25, -0.2) is 0 Å². The lowest BCUT2D eigenvalue weighted by molar-refractivity contribution is 0.101. The zero-order valence-electron chi connectivity index (χ0n) is 10.3. The van der Waals surface area contributed by atoms with E-state index >= 15 is 0 Å². The van der Waals surface area contributed by atoms with Crippen LogP contribution in [0, 0.1) is 5.92 Å². The van der Waals surface area contributed by atoms with Crippen molar-refractivity contribution in [3.8, 4) is 0 Å². The summed E-state index contributed by atoms with van der Waals surface area (Å²) in [6.45, 7) is 4.83. The summed E-state index contributed by atoms with van der Waals surface area (Å²) in [5.74, 6) is 0.817. The van der Waals surface area contributed by atoms with Crippen LogP contribution < -0.4 is 10.6 Å². The number of nitrogens with one attached hydrogen (secondary N) is 2. The summed E-state index contributed by atoms with van der Waals surface area (Å²) < 4.78 is 0. The molecule has 1 atom stereocenters. The minimum absolute atomic E-state index is 0.119. The number of hydrogen-bond donors (Lipinski definition) is 2. The molecule has 2 N–H and O–H groups in total. The molecule has 17 heavy (non-hydrogen) atoms. The largest absolute Gasteiger partial charge is 0.385 e. The summed E-state index contributed by atoms with van der Waals surface area (Å²) in [6.07, 6.45) is 2.55. The smallest absolute Gasteiger partial charge is 0.159 e. The Labute approximate surface area is 103 Å². The van der Waals surface area contributed by atoms with Gasteiger partial charge in [-0.15, -0.1) is 0 Å². The second kappa shape index (κ2) is 5.82. The Morgan fingerprint density at radius 1 is 1.53 bits per heavy atom. The number of piperidine rings is 1. The molecule has 1 aliphatic heterocycles. The average Bonchev–Trinajstić information content (AvgIpc) is 2.38. The molecular weight excluding hydrogens is 212 g/mol. The van der Waals surface area contributed by atoms with Gasteiger partial charge >= 0.3 is 0 Å². The van der Waals surface area contributed by atoms with E-state index in [1.165, 1.54) is 12.8 Å². The molecule has 1 saturated heterocycles. The topological polar surface area (TPSA) is 41.1 Å². The van der Waals surface area contributed by atoms with E-state index in [1.807, 2.05) is 24.3 Å². The monoisotopic (exact) mass is 232 g/mol. The van der Waals surface area contributed by atoms with Crippen molar-refractivity contribution in [3.63, 3.8) is 0 Å². The van der Waals surface area contributed by atoms with Crippen molar-refractivity contribution < 1.29 is 4.79 Å². The number of carbonyl (C=O) groups excluding carboxylic acids is 1. The van der Waals surface area contributed by atoms with Gasteiger partial charge in [-0.1, -0.05) is 12.1 Å². The maximum Gasteiger partial charge on any atom is 0.159 e. The highest BCUT2D eigenvalue weighted by Crippen LogP contribution is 2.14. The highest BCUT2D eigenvalue weighted by atomic mass is 16.1. The van der Waals surface area contributed by atoms with Crippen LogP contribution in [-0.2, 0) is 0 Å². The summed E-state index contributed by atoms with van der Waals surface area (Å²) in [6, 6.07) is 7.73. The Hall–Kier alpha value is -1.35. The van der Waals surface area contributed by atoms with E-state index in [4.69, 9.17) is 0 Å². The molecule has 1 fully saturated rings. The fourth-order valence-electron chi connectivity index (χ4n) is 2.21. The standard InChI is InChI=1S/C14H20N2O/c1-11(17)13-5-2-6-14(8-13)16-10-12-4-3-7-15-9-12/h2,5-6,8,12,15-16H,3-4,7,9-10H2,1H3. The van der Waals surface area contributed by atoms with Crippen molar-refractivity contribution in [2.75, 3.05) is 25.0 Å². The van der Waals surface area contributed by atoms with Crippen molar-refractivity contribution in [1.82, 2.24) is 5.32 Å². The van der Waals surface area contributed by atoms with E-state index < -0.39 is 0 Å². The van der Waals surface area contributed by atoms with Gasteiger partial charge in [0.1, 0.15) is 0 Å². The zero-order chi connectivity index (χ0) is 12.1. The molecule has 92 valence electrons. The SMILES string of the molecule is CC(=O)c1cccc(NCC2CCCNC2)c1. The van der Waals surface area contributed by atoms with Crippen molar-refractivity contribution in [3.05, 3.63) is 29.8 Å². The van der Waals surface area contributed by atoms with Crippen LogP contribution in [0.2, 0.25) is 0 Å². The molecule has 3 heteroatoms. The van der Waals surface area contributed by atoms with E-state index in [2.05, 4.69) is 10.6 Å². The molecule has 0 aromatic heterocycles. The number of anilines is 1. The Morgan fingerprint density at radius 2 is 2.41 bits per heavy atom. The van der Waals surface area contributed by atoms with Crippen LogP contribution in [0.4, 0.5) is 5.69 Å². The summed E-state index contributed by atoms with van der Waals surface area (Å²) in [7, 11) is 0. The van der Waals surface area contributed by atoms with Gasteiger partial charge in [-0.3, -0.25) is 4.79 Å². The van der Waals surface area contributed by atoms with Crippen LogP contribution in [0.25, 0.3) is 0 Å². The lowest BCUT2D eigenvalue weighted by Crippen LogP contribution is -2.33. The van der Waals surface area contributed by atoms with Crippen LogP contribution in [0.5, 0.6) is 0 Å². The third-order valence-corrected chi connectivity index (χ3v) is 3.26. The molecule has 0 spiro atoms. The van der Waals surface area contributed by atoms with E-state index in [1.54, 1.807) is 6.92 Å². The minimum Gasteiger partial charge on any atom is -0.385 e. The highest BCUT2D eigenvalue weighted by molar-refractivity contribution is 5.94. The van der Waals surface area contributed by atoms with Gasteiger partial charge in [-0.2, -0.15) is 0 Å². The third-order valence-electron chi connectivity index (χ3n) is 3.26. The fraction of sp³-hybridized carbons (Fsp3) is 0.500. The molecule has 2 rings (SSSR count). The van der Waals surface area contributed by atoms with Gasteiger partial charge in [0.25, 0.3) is 0 Å². The first-order chi connectivity index (χ1) is 8.25. The van der Waals surface area contributed by atoms with Gasteiger partial charge in [0.15, 0.2) is 5.78 Å². The highest BCUT2D eigenvalue weighted by Gasteiger charge is 2.12. The molecule has 3 nitrogen and oxygen atoms in total. The molecule has 1 unspecified atom stereocenters. The molecule has 0 amide bonds. The predicted octanol–water partition coefficient (Wildman–Crippen LogP) is 2.30. The van der Waals surface area contributed by atoms with E-state index in [9.17, 15) is 4.79 Å². The van der Waals surface area contributed by atoms with Crippen molar-refractivity contribution >= 4 is 11.5 Å². The van der Waals surface area contributed by atoms with Gasteiger partial charge in [-0.05, 0) is 50.9 Å². The number of carbonyl (C=O) groups is 1. The summed E-state index contributed by atoms with van der Waals surface area (Å²) in [5, 5.41) is 6.82. The Bertz CT molecular complexity index is 384. The maximum absolute atomic E-state index is 11.3. The van der Waals surface area contributed by atoms with Crippen LogP contribution in [0.15, 0.2) is 24.3 Å². The van der Waals surface area contributed by atoms with Crippen LogP contribution in [-0.4, -0.2) is 25.4 Å². The van der Waals surface area contributed by atoms with E-state index in [0.29, 0.717) is 5.92 Å². The Morgan fingerprint density at radius 3 is 3.12 bits per heavy atom. The minimum atomic E-state index is 0.119. The molecule has 1 heterocycles. The van der Waals surface area contributed by atoms with Gasteiger partial charge in [0.05, 0.1) is 0 Å². The first-order valence-electron chi connectivity index (χ1n) is 6.31. The molecule has 0 bridgehead atoms. The number of benzene rings is 1. The fourth-order valence-corrected chi connectivity index (χ4v) is 2.21. The number of ketones is 1. The molecule has 1 aliphatic rings. The quantitative estimate of drug-likeness (QED) is 0.783. The third kappa shape index (κ3) is 3.56. The second-order valence-electron chi connectivity index (χ2n) is 4.73. The Balaban J connectivity index is 1.89. The Kier molecular flexibility index (Phi) is 4.15. The van der Waals surface area contributed by atoms with Crippen molar-refractivity contribution in [2.45, 2.75) is 19.8 Å². The molecular formula is C14H20N2O. The van der Waals surface area contributed by atoms with E-state index in [0.717, 1.165) is 30.9 Å². The summed E-state index contributed by atoms with van der Waals surface area (Å²) >= 11 is 0. The molecule has 0 aliphatic carbocycles. The molecule has 1 aromatic carbocycles. The second-order valence-corrected chi connectivity index (χ2v) is 4.73. The number of rotatable bonds is 4. The lowest BCUT2D eigenvalue weighted by atomic mass is 9.99. The number of Topliss-reactive ketones (excluding diaryl/α,β-unsaturated/α-hetero) is 1. The maximum atomic E-state index is 11.3. The number of hydrogen-bond acceptors (Lipinski definition) is 3. The molecule has 0 radical (unpaired) electrons. The van der Waals surface area contributed by atoms with Gasteiger partial charge < -0.3 is 10.6 Å². The summed E-state index contributed by atoms with van der Waals surface area (Å²) in [4.78, 5) is 11.3. The van der Waals surface area contributed by atoms with Crippen LogP contribution in [0.1, 0.15) is 30.1 Å². The summed E-state index contributed by atoms with van der Waals surface area (Å²) in [5.41, 5.74) is 1.82. The van der Waals surface area contributed by atoms with Crippen LogP contribution >= 0.6 is 0 Å². The van der Waals surface area contributed by atoms with Crippen LogP contribution in [0.3, 0.4) is 0 Å². The van der Waals surface area contributed by atoms with Gasteiger partial charge in [0.2, 0.25) is 0 Å². The normalized spacial score (nSPS) is 19.9. The molecule has 1 aromatic rings. The van der Waals surface area contributed by atoms with E-state index in [-0.39, 0.29) is 5.78 Å². The zero-order valence-corrected chi connectivity index (χ0v) is 10.3. The average molecular weight is 232 g/mol. The first kappa shape index (κ1) is 12.1.